The van der Waals surface area contributed by atoms with E-state index in [0.29, 0.717) is 17.2 Å². The minimum Gasteiger partial charge on any atom is -0.493 e. The molecule has 3 heterocycles. The Morgan fingerprint density at radius 3 is 2.74 bits per heavy atom. The monoisotopic (exact) mass is 311 g/mol. The third-order valence-electron chi connectivity index (χ3n) is 3.03. The highest BCUT2D eigenvalue weighted by molar-refractivity contribution is 6.03. The van der Waals surface area contributed by atoms with Gasteiger partial charge >= 0.3 is 0 Å². The Morgan fingerprint density at radius 2 is 2.09 bits per heavy atom. The normalized spacial score (nSPS) is 10.5. The summed E-state index contributed by atoms with van der Waals surface area (Å²) in [6.07, 6.45) is 2.99. The van der Waals surface area contributed by atoms with E-state index >= 15 is 0 Å². The van der Waals surface area contributed by atoms with Gasteiger partial charge in [0, 0.05) is 12.3 Å². The van der Waals surface area contributed by atoms with E-state index in [0.717, 1.165) is 0 Å². The number of hydrogen-bond acceptors (Lipinski definition) is 6. The number of aliphatic hydroxyl groups is 1. The maximum absolute atomic E-state index is 12.2. The summed E-state index contributed by atoms with van der Waals surface area (Å²) in [6.45, 7) is -0.170. The number of carbonyl (C=O) groups is 1. The number of anilines is 1. The molecule has 0 saturated carbocycles. The SMILES string of the molecule is O=C(Nc1ccc(CO)nc1)c1cc(O)n(-c2ccccn2)n1. The lowest BCUT2D eigenvalue weighted by Crippen LogP contribution is -2.13. The number of hydrogen-bond donors (Lipinski definition) is 3. The van der Waals surface area contributed by atoms with Crippen LogP contribution in [0.4, 0.5) is 5.69 Å². The van der Waals surface area contributed by atoms with Crippen LogP contribution in [0.2, 0.25) is 0 Å². The summed E-state index contributed by atoms with van der Waals surface area (Å²) in [4.78, 5) is 20.2. The number of aliphatic hydroxyl groups excluding tert-OH is 1. The number of nitrogens with zero attached hydrogens (tertiary/aromatic N) is 4. The first-order valence-electron chi connectivity index (χ1n) is 6.75. The fourth-order valence-electron chi connectivity index (χ4n) is 1.92. The average Bonchev–Trinajstić information content (AvgIpc) is 2.98. The van der Waals surface area contributed by atoms with Crippen LogP contribution in [-0.4, -0.2) is 35.9 Å². The van der Waals surface area contributed by atoms with Gasteiger partial charge in [-0.2, -0.15) is 9.78 Å². The fourth-order valence-corrected chi connectivity index (χ4v) is 1.92. The van der Waals surface area contributed by atoms with Gasteiger partial charge in [0.1, 0.15) is 0 Å². The van der Waals surface area contributed by atoms with Gasteiger partial charge in [-0.3, -0.25) is 9.78 Å². The molecule has 3 aromatic rings. The topological polar surface area (TPSA) is 113 Å². The highest BCUT2D eigenvalue weighted by Gasteiger charge is 2.15. The third-order valence-corrected chi connectivity index (χ3v) is 3.03. The smallest absolute Gasteiger partial charge is 0.276 e. The first kappa shape index (κ1) is 14.7. The van der Waals surface area contributed by atoms with Gasteiger partial charge in [-0.05, 0) is 24.3 Å². The first-order chi connectivity index (χ1) is 11.2. The largest absolute Gasteiger partial charge is 0.493 e. The lowest BCUT2D eigenvalue weighted by molar-refractivity contribution is 0.102. The van der Waals surface area contributed by atoms with Gasteiger partial charge in [-0.15, -0.1) is 0 Å². The zero-order valence-electron chi connectivity index (χ0n) is 11.9. The molecule has 0 unspecified atom stereocenters. The van der Waals surface area contributed by atoms with Crippen molar-refractivity contribution in [3.63, 3.8) is 0 Å². The minimum absolute atomic E-state index is 0.0411. The van der Waals surface area contributed by atoms with E-state index in [-0.39, 0.29) is 18.2 Å². The van der Waals surface area contributed by atoms with Crippen molar-refractivity contribution in [3.8, 4) is 11.7 Å². The number of carbonyl (C=O) groups excluding carboxylic acids is 1. The summed E-state index contributed by atoms with van der Waals surface area (Å²) in [5.41, 5.74) is 0.999. The third kappa shape index (κ3) is 3.16. The number of aromatic nitrogens is 4. The van der Waals surface area contributed by atoms with Crippen LogP contribution < -0.4 is 5.32 Å². The van der Waals surface area contributed by atoms with Crippen LogP contribution in [0, 0.1) is 0 Å². The standard InChI is InChI=1S/C15H13N5O3/c21-9-11-5-4-10(8-17-11)18-15(23)12-7-14(22)20(19-12)13-3-1-2-6-16-13/h1-8,21-22H,9H2,(H,18,23). The Hall–Kier alpha value is -3.26. The molecule has 0 aromatic carbocycles. The van der Waals surface area contributed by atoms with Crippen LogP contribution in [0.15, 0.2) is 48.8 Å². The Kier molecular flexibility index (Phi) is 3.98. The molecule has 0 spiro atoms. The molecule has 0 aliphatic heterocycles. The van der Waals surface area contributed by atoms with Crippen LogP contribution in [0.25, 0.3) is 5.82 Å². The maximum Gasteiger partial charge on any atom is 0.276 e. The summed E-state index contributed by atoms with van der Waals surface area (Å²) in [6, 6.07) is 9.61. The van der Waals surface area contributed by atoms with E-state index < -0.39 is 5.91 Å². The number of pyridine rings is 2. The van der Waals surface area contributed by atoms with Crippen molar-refractivity contribution in [3.05, 3.63) is 60.2 Å². The van der Waals surface area contributed by atoms with Crippen molar-refractivity contribution in [2.75, 3.05) is 5.32 Å². The van der Waals surface area contributed by atoms with Crippen LogP contribution >= 0.6 is 0 Å². The Morgan fingerprint density at radius 1 is 1.22 bits per heavy atom. The maximum atomic E-state index is 12.2. The Labute approximate surface area is 131 Å². The number of nitrogens with one attached hydrogen (secondary N) is 1. The van der Waals surface area contributed by atoms with Gasteiger partial charge in [0.05, 0.1) is 24.2 Å². The molecule has 8 heteroatoms. The molecule has 0 aliphatic rings. The van der Waals surface area contributed by atoms with Crippen molar-refractivity contribution in [2.45, 2.75) is 6.61 Å². The van der Waals surface area contributed by atoms with Crippen LogP contribution in [-0.2, 0) is 6.61 Å². The van der Waals surface area contributed by atoms with Gasteiger partial charge in [0.15, 0.2) is 11.5 Å². The van der Waals surface area contributed by atoms with Crippen LogP contribution in [0.5, 0.6) is 5.88 Å². The molecule has 8 nitrogen and oxygen atoms in total. The molecular formula is C15H13N5O3. The zero-order chi connectivity index (χ0) is 16.2. The summed E-state index contributed by atoms with van der Waals surface area (Å²) in [5.74, 6) is -0.283. The second kappa shape index (κ2) is 6.24. The summed E-state index contributed by atoms with van der Waals surface area (Å²) >= 11 is 0. The molecule has 0 saturated heterocycles. The molecule has 0 radical (unpaired) electrons. The summed E-state index contributed by atoms with van der Waals surface area (Å²) in [7, 11) is 0. The Bertz CT molecular complexity index is 815. The summed E-state index contributed by atoms with van der Waals surface area (Å²) in [5, 5.41) is 25.5. The van der Waals surface area contributed by atoms with Crippen molar-refractivity contribution in [1.29, 1.82) is 0 Å². The molecule has 0 atom stereocenters. The number of rotatable bonds is 4. The van der Waals surface area contributed by atoms with Crippen molar-refractivity contribution < 1.29 is 15.0 Å². The molecule has 1 amide bonds. The van der Waals surface area contributed by atoms with Gasteiger partial charge in [0.25, 0.3) is 5.91 Å². The van der Waals surface area contributed by atoms with Crippen molar-refractivity contribution in [2.24, 2.45) is 0 Å². The Balaban J connectivity index is 1.80. The average molecular weight is 311 g/mol. The lowest BCUT2D eigenvalue weighted by atomic mass is 10.3. The van der Waals surface area contributed by atoms with Gasteiger partial charge in [-0.1, -0.05) is 6.07 Å². The van der Waals surface area contributed by atoms with Crippen molar-refractivity contribution >= 4 is 11.6 Å². The fraction of sp³-hybridized carbons (Fsp3) is 0.0667. The number of aromatic hydroxyl groups is 1. The highest BCUT2D eigenvalue weighted by atomic mass is 16.3. The van der Waals surface area contributed by atoms with E-state index in [4.69, 9.17) is 5.11 Å². The summed E-state index contributed by atoms with van der Waals surface area (Å²) < 4.78 is 1.17. The quantitative estimate of drug-likeness (QED) is 0.665. The molecule has 0 fully saturated rings. The predicted molar refractivity (Wildman–Crippen MR) is 81.1 cm³/mol. The molecule has 3 rings (SSSR count). The van der Waals surface area contributed by atoms with E-state index in [1.54, 1.807) is 36.5 Å². The molecule has 23 heavy (non-hydrogen) atoms. The predicted octanol–water partition coefficient (Wildman–Crippen LogP) is 1.11. The van der Waals surface area contributed by atoms with Crippen LogP contribution in [0.1, 0.15) is 16.2 Å². The molecule has 0 aliphatic carbocycles. The van der Waals surface area contributed by atoms with Gasteiger partial charge in [0.2, 0.25) is 5.88 Å². The molecular weight excluding hydrogens is 298 g/mol. The molecule has 3 N–H and O–H groups in total. The highest BCUT2D eigenvalue weighted by Crippen LogP contribution is 2.17. The van der Waals surface area contributed by atoms with E-state index in [9.17, 15) is 9.90 Å². The molecule has 0 bridgehead atoms. The second-order valence-corrected chi connectivity index (χ2v) is 4.64. The van der Waals surface area contributed by atoms with E-state index in [2.05, 4.69) is 20.4 Å². The zero-order valence-corrected chi connectivity index (χ0v) is 11.9. The van der Waals surface area contributed by atoms with Gasteiger partial charge < -0.3 is 15.5 Å². The minimum atomic E-state index is -0.492. The molecule has 3 aromatic heterocycles. The number of amides is 1. The lowest BCUT2D eigenvalue weighted by Gasteiger charge is -2.03. The van der Waals surface area contributed by atoms with E-state index in [1.807, 2.05) is 0 Å². The first-order valence-corrected chi connectivity index (χ1v) is 6.75. The van der Waals surface area contributed by atoms with Crippen LogP contribution in [0.3, 0.4) is 0 Å². The van der Waals surface area contributed by atoms with E-state index in [1.165, 1.54) is 16.9 Å². The molecule has 116 valence electrons. The second-order valence-electron chi connectivity index (χ2n) is 4.64. The van der Waals surface area contributed by atoms with Crippen molar-refractivity contribution in [1.82, 2.24) is 19.7 Å². The van der Waals surface area contributed by atoms with Gasteiger partial charge in [-0.25, -0.2) is 4.98 Å².